The van der Waals surface area contributed by atoms with Gasteiger partial charge >= 0.3 is 5.97 Å². The minimum atomic E-state index is -1.69. The molecule has 22 heteroatoms. The molecule has 8 atom stereocenters. The lowest BCUT2D eigenvalue weighted by Gasteiger charge is -2.29. The summed E-state index contributed by atoms with van der Waals surface area (Å²) in [6, 6.07) is -3.29. The van der Waals surface area contributed by atoms with Gasteiger partial charge in [-0.3, -0.25) is 33.8 Å². The van der Waals surface area contributed by atoms with Gasteiger partial charge < -0.3 is 75.9 Å². The average Bonchev–Trinajstić information content (AvgIpc) is 3.21. The van der Waals surface area contributed by atoms with Crippen molar-refractivity contribution in [2.75, 3.05) is 19.6 Å². The van der Waals surface area contributed by atoms with Gasteiger partial charge in [0.05, 0.1) is 12.1 Å². The summed E-state index contributed by atoms with van der Waals surface area (Å²) >= 11 is 0. The second-order valence-corrected chi connectivity index (χ2v) is 16.7. The van der Waals surface area contributed by atoms with Crippen molar-refractivity contribution in [1.82, 2.24) is 31.9 Å². The van der Waals surface area contributed by atoms with Crippen molar-refractivity contribution in [3.63, 3.8) is 0 Å². The van der Waals surface area contributed by atoms with Gasteiger partial charge in [0.1, 0.15) is 42.0 Å². The van der Waals surface area contributed by atoms with Crippen LogP contribution in [0.4, 0.5) is 0 Å². The van der Waals surface area contributed by atoms with E-state index in [4.69, 9.17) is 28.7 Å². The number of amides is 6. The van der Waals surface area contributed by atoms with Gasteiger partial charge in [-0.05, 0) is 107 Å². The van der Waals surface area contributed by atoms with E-state index >= 15 is 0 Å². The molecule has 0 fully saturated rings. The number of phenols is 1. The zero-order valence-corrected chi connectivity index (χ0v) is 37.8. The first-order valence-electron chi connectivity index (χ1n) is 21.8. The average molecular weight is 907 g/mol. The van der Waals surface area contributed by atoms with Crippen LogP contribution in [0.25, 0.3) is 0 Å². The first-order valence-corrected chi connectivity index (χ1v) is 21.8. The van der Waals surface area contributed by atoms with Gasteiger partial charge in [-0.1, -0.05) is 39.8 Å². The van der Waals surface area contributed by atoms with E-state index in [1.807, 2.05) is 13.8 Å². The molecule has 0 heterocycles. The number of carbonyl (C=O) groups excluding carboxylic acids is 6. The number of carboxylic acids is 1. The summed E-state index contributed by atoms with van der Waals surface area (Å²) in [6.45, 7) is 9.11. The highest BCUT2D eigenvalue weighted by Gasteiger charge is 2.35. The molecule has 0 saturated heterocycles. The molecule has 0 saturated carbocycles. The van der Waals surface area contributed by atoms with E-state index in [0.717, 1.165) is 0 Å². The van der Waals surface area contributed by atoms with E-state index in [1.165, 1.54) is 31.2 Å². The topological polar surface area (TPSA) is 395 Å². The fraction of sp³-hybridized carbons (Fsp3) is 0.667. The normalized spacial score (nSPS) is 15.0. The zero-order valence-electron chi connectivity index (χ0n) is 37.8. The van der Waals surface area contributed by atoms with Crippen molar-refractivity contribution in [2.24, 2.45) is 45.5 Å². The number of aliphatic hydroxyl groups is 1. The van der Waals surface area contributed by atoms with Crippen molar-refractivity contribution in [1.29, 1.82) is 0 Å². The molecule has 19 N–H and O–H groups in total. The number of carboxylic acid groups (broad SMARTS) is 1. The number of rotatable bonds is 31. The van der Waals surface area contributed by atoms with Crippen LogP contribution in [0, 0.1) is 11.8 Å². The maximum Gasteiger partial charge on any atom is 0.326 e. The van der Waals surface area contributed by atoms with Gasteiger partial charge in [0, 0.05) is 13.0 Å². The second-order valence-electron chi connectivity index (χ2n) is 16.7. The fourth-order valence-corrected chi connectivity index (χ4v) is 6.50. The molecule has 0 bridgehead atoms. The minimum absolute atomic E-state index is 0.0321. The summed E-state index contributed by atoms with van der Waals surface area (Å²) in [7, 11) is 0. The number of nitrogens with one attached hydrogen (secondary N) is 6. The minimum Gasteiger partial charge on any atom is -0.508 e. The van der Waals surface area contributed by atoms with Crippen LogP contribution in [0.3, 0.4) is 0 Å². The maximum absolute atomic E-state index is 14.2. The molecule has 0 aliphatic rings. The summed E-state index contributed by atoms with van der Waals surface area (Å²) < 4.78 is 0. The van der Waals surface area contributed by atoms with Gasteiger partial charge in [-0.2, -0.15) is 0 Å². The molecule has 64 heavy (non-hydrogen) atoms. The Hall–Kier alpha value is -5.58. The number of hydrogen-bond donors (Lipinski definition) is 14. The number of hydrogen-bond acceptors (Lipinski definition) is 13. The Morgan fingerprint density at radius 3 is 1.53 bits per heavy atom. The highest BCUT2D eigenvalue weighted by Crippen LogP contribution is 2.14. The molecule has 0 aliphatic carbocycles. The fourth-order valence-electron chi connectivity index (χ4n) is 6.50. The first kappa shape index (κ1) is 56.4. The summed E-state index contributed by atoms with van der Waals surface area (Å²) in [5.41, 5.74) is 28.7. The summed E-state index contributed by atoms with van der Waals surface area (Å²) in [5, 5.41) is 45.9. The number of guanidine groups is 1. The van der Waals surface area contributed by atoms with Crippen molar-refractivity contribution < 1.29 is 48.9 Å². The smallest absolute Gasteiger partial charge is 0.326 e. The molecule has 0 aromatic heterocycles. The first-order chi connectivity index (χ1) is 30.1. The van der Waals surface area contributed by atoms with Crippen LogP contribution in [0.2, 0.25) is 0 Å². The Morgan fingerprint density at radius 1 is 0.609 bits per heavy atom. The van der Waals surface area contributed by atoms with Gasteiger partial charge in [-0.15, -0.1) is 0 Å². The quantitative estimate of drug-likeness (QED) is 0.0211. The predicted octanol–water partition coefficient (Wildman–Crippen LogP) is -2.35. The molecule has 1 rings (SSSR count). The van der Waals surface area contributed by atoms with Gasteiger partial charge in [0.25, 0.3) is 0 Å². The highest BCUT2D eigenvalue weighted by atomic mass is 16.4. The molecule has 22 nitrogen and oxygen atoms in total. The van der Waals surface area contributed by atoms with Crippen LogP contribution in [-0.2, 0) is 40.0 Å². The molecule has 0 unspecified atom stereocenters. The number of aliphatic carboxylic acids is 1. The lowest BCUT2D eigenvalue weighted by molar-refractivity contribution is -0.142. The number of aliphatic hydroxyl groups excluding tert-OH is 1. The van der Waals surface area contributed by atoms with Gasteiger partial charge in [0.15, 0.2) is 5.96 Å². The Balaban J connectivity index is 3.52. The summed E-state index contributed by atoms with van der Waals surface area (Å²) in [4.78, 5) is 98.2. The van der Waals surface area contributed by atoms with E-state index < -0.39 is 95.7 Å². The number of aliphatic imine (C=N–C) groups is 1. The SMILES string of the molecule is CC(C)C[C@H](N)C(=O)N[C@H](C(=O)N[C@@H](CCCN=C(N)N)C(=O)N[C@@H](Cc1ccc(O)cc1)C(=O)N[C@H](C(=O)N[C@@H](CCCCN)C(=O)N[C@@H](CCCCN)C(=O)O)[C@@H](C)O)C(C)C. The number of carbonyl (C=O) groups is 7. The van der Waals surface area contributed by atoms with Crippen molar-refractivity contribution in [3.05, 3.63) is 29.8 Å². The van der Waals surface area contributed by atoms with E-state index in [1.54, 1.807) is 13.8 Å². The van der Waals surface area contributed by atoms with Crippen LogP contribution in [0.15, 0.2) is 29.3 Å². The van der Waals surface area contributed by atoms with Crippen molar-refractivity contribution in [2.45, 2.75) is 147 Å². The third-order valence-corrected chi connectivity index (χ3v) is 10.1. The number of aromatic hydroxyl groups is 1. The van der Waals surface area contributed by atoms with Crippen LogP contribution < -0.4 is 60.6 Å². The van der Waals surface area contributed by atoms with Crippen LogP contribution in [-0.4, -0.2) is 131 Å². The highest BCUT2D eigenvalue weighted by molar-refractivity contribution is 5.97. The molecule has 0 spiro atoms. The third kappa shape index (κ3) is 21.7. The van der Waals surface area contributed by atoms with E-state index in [9.17, 15) is 48.9 Å². The van der Waals surface area contributed by atoms with Gasteiger partial charge in [-0.25, -0.2) is 4.79 Å². The number of benzene rings is 1. The third-order valence-electron chi connectivity index (χ3n) is 10.1. The van der Waals surface area contributed by atoms with Crippen LogP contribution in [0.5, 0.6) is 5.75 Å². The second kappa shape index (κ2) is 29.7. The van der Waals surface area contributed by atoms with E-state index in [-0.39, 0.29) is 62.8 Å². The Morgan fingerprint density at radius 2 is 1.06 bits per heavy atom. The molecule has 0 aliphatic heterocycles. The monoisotopic (exact) mass is 907 g/mol. The number of nitrogens with zero attached hydrogens (tertiary/aromatic N) is 1. The number of nitrogens with two attached hydrogens (primary N) is 5. The molecular weight excluding hydrogens is 833 g/mol. The lowest BCUT2D eigenvalue weighted by atomic mass is 9.99. The molecule has 0 radical (unpaired) electrons. The summed E-state index contributed by atoms with van der Waals surface area (Å²) in [5.74, 6) is -6.72. The Bertz CT molecular complexity index is 1670. The van der Waals surface area contributed by atoms with Crippen LogP contribution >= 0.6 is 0 Å². The molecule has 6 amide bonds. The van der Waals surface area contributed by atoms with E-state index in [0.29, 0.717) is 44.2 Å². The van der Waals surface area contributed by atoms with Crippen LogP contribution in [0.1, 0.15) is 98.0 Å². The molecule has 1 aromatic rings. The molecular formula is C42H74N12O10. The Labute approximate surface area is 375 Å². The number of phenolic OH excluding ortho intramolecular Hbond substituents is 1. The number of unbranched alkanes of at least 4 members (excludes halogenated alkanes) is 2. The predicted molar refractivity (Wildman–Crippen MR) is 241 cm³/mol. The maximum atomic E-state index is 14.2. The molecule has 362 valence electrons. The molecule has 1 aromatic carbocycles. The van der Waals surface area contributed by atoms with Crippen molar-refractivity contribution >= 4 is 47.4 Å². The van der Waals surface area contributed by atoms with E-state index in [2.05, 4.69) is 36.9 Å². The lowest BCUT2D eigenvalue weighted by Crippen LogP contribution is -2.62. The van der Waals surface area contributed by atoms with Crippen molar-refractivity contribution in [3.8, 4) is 5.75 Å². The van der Waals surface area contributed by atoms with Gasteiger partial charge in [0.2, 0.25) is 35.4 Å². The standard InChI is InChI=1S/C42H74N12O10/c1-23(2)21-28(45)35(57)53-33(24(3)4)39(61)49-30(13-10-20-48-42(46)47)37(59)52-32(22-26-14-16-27(56)17-15-26)38(60)54-34(25(5)55)40(62)50-29(11-6-8-18-43)36(58)51-31(41(63)64)12-7-9-19-44/h14-17,23-25,28-34,55-56H,6-13,18-22,43-45H2,1-5H3,(H,49,61)(H,50,62)(H,51,58)(H,52,59)(H,53,57)(H,54,60)(H,63,64)(H4,46,47,48)/t25-,28+,29+,30+,31+,32+,33+,34+/m1/s1. The summed E-state index contributed by atoms with van der Waals surface area (Å²) in [6.07, 6.45) is 0.695. The zero-order chi connectivity index (χ0) is 48.5. The largest absolute Gasteiger partial charge is 0.508 e. The Kier molecular flexibility index (Phi) is 26.2.